The van der Waals surface area contributed by atoms with Crippen LogP contribution < -0.4 is 0 Å². The molecule has 592 valence electrons. The van der Waals surface area contributed by atoms with Crippen LogP contribution in [-0.2, 0) is 0 Å². The van der Waals surface area contributed by atoms with Crippen LogP contribution in [0.1, 0.15) is 0 Å². The molecule has 9 heterocycles. The first kappa shape index (κ1) is 73.9. The van der Waals surface area contributed by atoms with Crippen molar-refractivity contribution in [3.63, 3.8) is 0 Å². The summed E-state index contributed by atoms with van der Waals surface area (Å²) >= 11 is 1.67. The van der Waals surface area contributed by atoms with Gasteiger partial charge in [0.1, 0.15) is 49.8 Å². The number of thiazole rings is 1. The normalized spacial score (nSPS) is 11.5. The molecule has 17 nitrogen and oxygen atoms in total. The lowest BCUT2D eigenvalue weighted by molar-refractivity contribution is 0.615. The zero-order chi connectivity index (χ0) is 83.4. The van der Waals surface area contributed by atoms with Gasteiger partial charge in [-0.25, -0.2) is 59.8 Å². The van der Waals surface area contributed by atoms with Gasteiger partial charge in [-0.05, 0) is 84.9 Å². The van der Waals surface area contributed by atoms with Crippen LogP contribution in [-0.4, -0.2) is 64.4 Å². The van der Waals surface area contributed by atoms with E-state index in [-0.39, 0.29) is 0 Å². The van der Waals surface area contributed by atoms with E-state index in [2.05, 4.69) is 77.4 Å². The number of imidazole rings is 1. The van der Waals surface area contributed by atoms with Crippen LogP contribution in [0, 0.1) is 0 Å². The Hall–Kier alpha value is -17.2. The van der Waals surface area contributed by atoms with E-state index in [0.717, 1.165) is 176 Å². The van der Waals surface area contributed by atoms with Crippen LogP contribution in [0.4, 0.5) is 0 Å². The lowest BCUT2D eigenvalue weighted by Gasteiger charge is -2.10. The van der Waals surface area contributed by atoms with Crippen LogP contribution >= 0.6 is 11.3 Å². The Morgan fingerprint density at radius 3 is 0.944 bits per heavy atom. The van der Waals surface area contributed by atoms with Gasteiger partial charge in [-0.2, -0.15) is 0 Å². The minimum absolute atomic E-state index is 0.519. The number of aromatic nitrogens is 13. The highest BCUT2D eigenvalue weighted by atomic mass is 32.1. The molecular weight excluding hydrogens is 1580 g/mol. The largest absolute Gasteiger partial charge is 0.455 e. The predicted molar refractivity (Wildman–Crippen MR) is 502 cm³/mol. The highest BCUT2D eigenvalue weighted by molar-refractivity contribution is 7.21. The van der Waals surface area contributed by atoms with Gasteiger partial charge in [-0.1, -0.05) is 309 Å². The molecule has 9 aromatic heterocycles. The molecule has 0 unspecified atom stereocenters. The molecule has 0 bridgehead atoms. The van der Waals surface area contributed by atoms with E-state index in [1.807, 2.05) is 322 Å². The maximum Gasteiger partial charge on any atom is 0.231 e. The smallest absolute Gasteiger partial charge is 0.231 e. The molecule has 16 aromatic carbocycles. The summed E-state index contributed by atoms with van der Waals surface area (Å²) in [5.74, 6) is 6.82. The van der Waals surface area contributed by atoms with Gasteiger partial charge in [0, 0.05) is 88.1 Å². The van der Waals surface area contributed by atoms with Crippen molar-refractivity contribution in [2.75, 3.05) is 0 Å². The highest BCUT2D eigenvalue weighted by Crippen LogP contribution is 2.46. The molecule has 0 spiro atoms. The van der Waals surface area contributed by atoms with Crippen LogP contribution in [0.2, 0.25) is 0 Å². The van der Waals surface area contributed by atoms with Crippen LogP contribution in [0.5, 0.6) is 0 Å². The van der Waals surface area contributed by atoms with Crippen molar-refractivity contribution in [3.8, 4) is 142 Å². The Bertz CT molecular complexity index is 7860. The summed E-state index contributed by atoms with van der Waals surface area (Å²) < 4.78 is 29.1. The molecule has 0 aliphatic carbocycles. The van der Waals surface area contributed by atoms with Gasteiger partial charge in [0.25, 0.3) is 0 Å². The maximum atomic E-state index is 6.69. The molecule has 0 aliphatic heterocycles. The number of furan rings is 3. The van der Waals surface area contributed by atoms with E-state index >= 15 is 0 Å². The average molecular weight is 1640 g/mol. The van der Waals surface area contributed by atoms with E-state index in [0.29, 0.717) is 63.9 Å². The molecule has 126 heavy (non-hydrogen) atoms. The van der Waals surface area contributed by atoms with Gasteiger partial charge in [-0.15, -0.1) is 11.3 Å². The molecule has 0 amide bonds. The fourth-order valence-electron chi connectivity index (χ4n) is 16.4. The van der Waals surface area contributed by atoms with E-state index in [9.17, 15) is 0 Å². The average Bonchev–Trinajstić information content (AvgIpc) is 1.58. The summed E-state index contributed by atoms with van der Waals surface area (Å²) in [6, 6.07) is 131. The summed E-state index contributed by atoms with van der Waals surface area (Å²) in [5, 5.41) is 6.71. The Morgan fingerprint density at radius 2 is 0.524 bits per heavy atom. The summed E-state index contributed by atoms with van der Waals surface area (Å²) in [5.41, 5.74) is 20.9. The van der Waals surface area contributed by atoms with Gasteiger partial charge in [0.2, 0.25) is 5.89 Å². The molecule has 18 heteroatoms. The van der Waals surface area contributed by atoms with Gasteiger partial charge >= 0.3 is 0 Å². The fourth-order valence-corrected chi connectivity index (χ4v) is 17.4. The number of hydrogen-bond acceptors (Lipinski definition) is 17. The number of benzene rings is 16. The number of para-hydroxylation sites is 9. The third kappa shape index (κ3) is 13.7. The highest BCUT2D eigenvalue weighted by Gasteiger charge is 2.27. The lowest BCUT2D eigenvalue weighted by Crippen LogP contribution is -2.00. The molecule has 0 atom stereocenters. The Morgan fingerprint density at radius 1 is 0.206 bits per heavy atom. The summed E-state index contributed by atoms with van der Waals surface area (Å²) in [7, 11) is 0. The van der Waals surface area contributed by atoms with Crippen molar-refractivity contribution < 1.29 is 17.7 Å². The zero-order valence-corrected chi connectivity index (χ0v) is 67.7. The van der Waals surface area contributed by atoms with Crippen molar-refractivity contribution in [1.29, 1.82) is 0 Å². The fraction of sp³-hybridized carbons (Fsp3) is 0. The van der Waals surface area contributed by atoms with Crippen LogP contribution in [0.3, 0.4) is 0 Å². The molecule has 0 saturated heterocycles. The van der Waals surface area contributed by atoms with Gasteiger partial charge < -0.3 is 17.7 Å². The van der Waals surface area contributed by atoms with E-state index in [1.165, 1.54) is 0 Å². The molecule has 25 aromatic rings. The van der Waals surface area contributed by atoms with Gasteiger partial charge in [0.05, 0.1) is 37.9 Å². The molecule has 0 fully saturated rings. The van der Waals surface area contributed by atoms with Gasteiger partial charge in [-0.3, -0.25) is 4.57 Å². The topological polar surface area (TPSA) is 212 Å². The minimum Gasteiger partial charge on any atom is -0.455 e. The molecule has 25 rings (SSSR count). The minimum atomic E-state index is 0.519. The van der Waals surface area contributed by atoms with Crippen molar-refractivity contribution >= 4 is 110 Å². The van der Waals surface area contributed by atoms with Crippen molar-refractivity contribution in [2.24, 2.45) is 0 Å². The van der Waals surface area contributed by atoms with E-state index in [1.54, 1.807) is 11.3 Å². The van der Waals surface area contributed by atoms with Crippen molar-refractivity contribution in [1.82, 2.24) is 64.4 Å². The molecule has 0 N–H and O–H groups in total. The first-order chi connectivity index (χ1) is 62.4. The van der Waals surface area contributed by atoms with Gasteiger partial charge in [0.15, 0.2) is 58.0 Å². The van der Waals surface area contributed by atoms with Crippen molar-refractivity contribution in [2.45, 2.75) is 0 Å². The third-order valence-corrected chi connectivity index (χ3v) is 23.3. The van der Waals surface area contributed by atoms with Crippen LogP contribution in [0.15, 0.2) is 412 Å². The third-order valence-electron chi connectivity index (χ3n) is 22.3. The molecule has 0 radical (unpaired) electrons. The first-order valence-corrected chi connectivity index (χ1v) is 42.0. The second-order valence-electron chi connectivity index (χ2n) is 30.1. The Balaban J connectivity index is 0.000000109. The number of fused-ring (bicyclic) bond motifs is 12. The summed E-state index contributed by atoms with van der Waals surface area (Å²) in [6.07, 6.45) is 0. The summed E-state index contributed by atoms with van der Waals surface area (Å²) in [6.45, 7) is 0. The SMILES string of the molecule is c1ccc(-c2nc(-c3ccccc3)nc(-c3cccc4oc5c(-c6nc7ccccc7n6-c6ccccc6)cccc5c34)n2)cc1.c1ccc(-c2nc(-c3ccccc3)nc(-c3cccc4oc5c(-c6nc7ccccc7o6)cccc5c34)n2)cc1.c1ccc(-c2nc(-c3ccccc3)nc(-c3cccc4oc5c(-c6nc7ccccc7s6)cccc5c34)n2)cc1. The standard InChI is InChI=1S/C40H25N5O.C34H20N4O2.C34H20N4OS/c1-4-14-26(15-5-1)37-42-38(27-16-6-2-7-17-27)44-39(43-37)30-21-13-25-34-35(30)29-20-12-22-31(36(29)46-34)40-41-32-23-10-11-24-33(32)45(40)28-18-8-3-9-19-28;1-3-11-21(12-4-1)31-36-32(22-13-5-2-6-14-22)38-33(37-31)24-16-10-20-28-29(24)23-15-9-17-25(30(23)39-28)34-35-26-18-7-8-19-27(26)40-34;1-3-11-21(12-4-1)31-36-32(22-13-5-2-6-14-22)38-33(37-31)24-16-10-19-27-29(24)23-15-9-17-25(30(23)39-27)34-35-26-18-7-8-20-28(26)40-34/h1-25H;2*1-20H. The Labute approximate surface area is 722 Å². The molecular formula is C108H65N13O4S. The van der Waals surface area contributed by atoms with E-state index < -0.39 is 0 Å². The van der Waals surface area contributed by atoms with E-state index in [4.69, 9.17) is 77.5 Å². The zero-order valence-electron chi connectivity index (χ0n) is 66.9. The summed E-state index contributed by atoms with van der Waals surface area (Å²) in [4.78, 5) is 59.2. The second kappa shape index (κ2) is 31.7. The molecule has 0 saturated carbocycles. The first-order valence-electron chi connectivity index (χ1n) is 41.1. The number of nitrogens with zero attached hydrogens (tertiary/aromatic N) is 13. The quantitative estimate of drug-likeness (QED) is 0.105. The molecule has 0 aliphatic rings. The monoisotopic (exact) mass is 1640 g/mol. The lowest BCUT2D eigenvalue weighted by atomic mass is 10.0. The maximum absolute atomic E-state index is 6.69. The number of rotatable bonds is 13. The van der Waals surface area contributed by atoms with Crippen LogP contribution in [0.25, 0.3) is 240 Å². The Kier molecular flexibility index (Phi) is 18.6. The number of hydrogen-bond donors (Lipinski definition) is 0. The number of oxazole rings is 1. The second-order valence-corrected chi connectivity index (χ2v) is 31.1. The predicted octanol–water partition coefficient (Wildman–Crippen LogP) is 27.4. The van der Waals surface area contributed by atoms with Crippen molar-refractivity contribution in [3.05, 3.63) is 394 Å².